The van der Waals surface area contributed by atoms with E-state index in [0.29, 0.717) is 23.4 Å². The van der Waals surface area contributed by atoms with E-state index in [9.17, 15) is 14.4 Å². The Morgan fingerprint density at radius 1 is 1.00 bits per heavy atom. The van der Waals surface area contributed by atoms with E-state index in [1.807, 2.05) is 20.8 Å². The van der Waals surface area contributed by atoms with E-state index >= 15 is 0 Å². The normalized spacial score (nSPS) is 10.8. The number of ether oxygens (including phenoxy) is 1. The summed E-state index contributed by atoms with van der Waals surface area (Å²) < 4.78 is 4.92. The Kier molecular flexibility index (Phi) is 6.28. The van der Waals surface area contributed by atoms with Crippen molar-refractivity contribution in [1.29, 1.82) is 0 Å². The number of nitrogens with zero attached hydrogens (tertiary/aromatic N) is 1. The summed E-state index contributed by atoms with van der Waals surface area (Å²) in [6.07, 6.45) is 1.41. The molecule has 0 spiro atoms. The highest BCUT2D eigenvalue weighted by atomic mass is 16.5. The zero-order chi connectivity index (χ0) is 20.0. The minimum Gasteiger partial charge on any atom is -0.462 e. The van der Waals surface area contributed by atoms with Crippen LogP contribution in [0.4, 0.5) is 5.69 Å². The van der Waals surface area contributed by atoms with Gasteiger partial charge >= 0.3 is 5.97 Å². The van der Waals surface area contributed by atoms with E-state index in [-0.39, 0.29) is 17.5 Å². The van der Waals surface area contributed by atoms with Gasteiger partial charge in [-0.15, -0.1) is 0 Å². The largest absolute Gasteiger partial charge is 0.462 e. The first-order valence-corrected chi connectivity index (χ1v) is 8.56. The van der Waals surface area contributed by atoms with Crippen LogP contribution in [-0.2, 0) is 4.74 Å². The number of rotatable bonds is 5. The maximum absolute atomic E-state index is 12.4. The first kappa shape index (κ1) is 20.1. The van der Waals surface area contributed by atoms with Gasteiger partial charge in [-0.05, 0) is 64.1 Å². The third kappa shape index (κ3) is 5.91. The second kappa shape index (κ2) is 8.44. The Hall–Kier alpha value is -3.22. The number of anilines is 1. The number of nitrogens with one attached hydrogen (secondary N) is 2. The van der Waals surface area contributed by atoms with E-state index in [1.54, 1.807) is 31.2 Å². The van der Waals surface area contributed by atoms with Crippen molar-refractivity contribution < 1.29 is 19.1 Å². The molecular formula is C20H23N3O4. The maximum Gasteiger partial charge on any atom is 0.338 e. The molecule has 0 unspecified atom stereocenters. The summed E-state index contributed by atoms with van der Waals surface area (Å²) in [7, 11) is 0. The van der Waals surface area contributed by atoms with Crippen LogP contribution >= 0.6 is 0 Å². The lowest BCUT2D eigenvalue weighted by molar-refractivity contribution is 0.0526. The molecule has 2 rings (SSSR count). The number of pyridine rings is 1. The molecule has 1 aromatic heterocycles. The summed E-state index contributed by atoms with van der Waals surface area (Å²) in [5.41, 5.74) is 0.983. The molecule has 27 heavy (non-hydrogen) atoms. The summed E-state index contributed by atoms with van der Waals surface area (Å²) in [5.74, 6) is -1.15. The van der Waals surface area contributed by atoms with Crippen molar-refractivity contribution in [3.05, 3.63) is 59.4 Å². The number of benzene rings is 1. The first-order chi connectivity index (χ1) is 12.7. The van der Waals surface area contributed by atoms with Crippen LogP contribution in [0.2, 0.25) is 0 Å². The molecule has 7 heteroatoms. The predicted molar refractivity (Wildman–Crippen MR) is 102 cm³/mol. The molecular weight excluding hydrogens is 346 g/mol. The number of hydrogen-bond donors (Lipinski definition) is 2. The van der Waals surface area contributed by atoms with Gasteiger partial charge in [-0.2, -0.15) is 0 Å². The number of aromatic nitrogens is 1. The molecule has 2 amide bonds. The number of carbonyl (C=O) groups excluding carboxylic acids is 3. The lowest BCUT2D eigenvalue weighted by Crippen LogP contribution is -2.41. The van der Waals surface area contributed by atoms with Gasteiger partial charge in [-0.1, -0.05) is 0 Å². The smallest absolute Gasteiger partial charge is 0.338 e. The SMILES string of the molecule is CCOC(=O)c1ccc(NC(=O)c2ccnc(C(=O)NC(C)(C)C)c2)cc1. The number of amides is 2. The van der Waals surface area contributed by atoms with Crippen molar-refractivity contribution >= 4 is 23.5 Å². The molecule has 0 atom stereocenters. The summed E-state index contributed by atoms with van der Waals surface area (Å²) in [4.78, 5) is 40.3. The van der Waals surface area contributed by atoms with Crippen molar-refractivity contribution in [2.24, 2.45) is 0 Å². The van der Waals surface area contributed by atoms with E-state index < -0.39 is 11.5 Å². The summed E-state index contributed by atoms with van der Waals surface area (Å²) >= 11 is 0. The lowest BCUT2D eigenvalue weighted by Gasteiger charge is -2.20. The Bertz CT molecular complexity index is 839. The summed E-state index contributed by atoms with van der Waals surface area (Å²) in [6.45, 7) is 7.62. The van der Waals surface area contributed by atoms with Gasteiger partial charge in [0.25, 0.3) is 11.8 Å². The number of esters is 1. The van der Waals surface area contributed by atoms with Crippen LogP contribution in [0.15, 0.2) is 42.6 Å². The zero-order valence-electron chi connectivity index (χ0n) is 15.8. The summed E-state index contributed by atoms with van der Waals surface area (Å²) in [5, 5.41) is 5.52. The van der Waals surface area contributed by atoms with Crippen LogP contribution in [0.25, 0.3) is 0 Å². The molecule has 142 valence electrons. The lowest BCUT2D eigenvalue weighted by atomic mass is 10.1. The van der Waals surface area contributed by atoms with Gasteiger partial charge in [0.05, 0.1) is 12.2 Å². The second-order valence-electron chi connectivity index (χ2n) is 6.89. The van der Waals surface area contributed by atoms with Crippen molar-refractivity contribution in [2.45, 2.75) is 33.2 Å². The number of carbonyl (C=O) groups is 3. The molecule has 0 saturated carbocycles. The molecule has 1 heterocycles. The topological polar surface area (TPSA) is 97.4 Å². The average Bonchev–Trinajstić information content (AvgIpc) is 2.61. The first-order valence-electron chi connectivity index (χ1n) is 8.56. The van der Waals surface area contributed by atoms with Crippen molar-refractivity contribution in [1.82, 2.24) is 10.3 Å². The van der Waals surface area contributed by atoms with Crippen LogP contribution in [-0.4, -0.2) is 34.9 Å². The van der Waals surface area contributed by atoms with Gasteiger partial charge in [0.2, 0.25) is 0 Å². The standard InChI is InChI=1S/C20H23N3O4/c1-5-27-19(26)13-6-8-15(9-7-13)22-17(24)14-10-11-21-16(12-14)18(25)23-20(2,3)4/h6-12H,5H2,1-4H3,(H,22,24)(H,23,25). The zero-order valence-corrected chi connectivity index (χ0v) is 15.8. The molecule has 2 N–H and O–H groups in total. The van der Waals surface area contributed by atoms with Gasteiger partial charge in [0, 0.05) is 23.0 Å². The van der Waals surface area contributed by atoms with Gasteiger partial charge in [-0.25, -0.2) is 4.79 Å². The molecule has 2 aromatic rings. The quantitative estimate of drug-likeness (QED) is 0.790. The number of hydrogen-bond acceptors (Lipinski definition) is 5. The van der Waals surface area contributed by atoms with Crippen LogP contribution in [0.1, 0.15) is 58.9 Å². The predicted octanol–water partition coefficient (Wildman–Crippen LogP) is 3.04. The molecule has 0 radical (unpaired) electrons. The van der Waals surface area contributed by atoms with Crippen molar-refractivity contribution in [3.63, 3.8) is 0 Å². The molecule has 0 bridgehead atoms. The molecule has 0 fully saturated rings. The summed E-state index contributed by atoms with van der Waals surface area (Å²) in [6, 6.07) is 9.32. The molecule has 7 nitrogen and oxygen atoms in total. The van der Waals surface area contributed by atoms with Crippen LogP contribution in [0, 0.1) is 0 Å². The second-order valence-corrected chi connectivity index (χ2v) is 6.89. The molecule has 0 aliphatic rings. The molecule has 0 aliphatic heterocycles. The van der Waals surface area contributed by atoms with Gasteiger partial charge < -0.3 is 15.4 Å². The Balaban J connectivity index is 2.09. The van der Waals surface area contributed by atoms with Gasteiger partial charge in [-0.3, -0.25) is 14.6 Å². The Morgan fingerprint density at radius 2 is 1.67 bits per heavy atom. The fourth-order valence-electron chi connectivity index (χ4n) is 2.21. The van der Waals surface area contributed by atoms with Crippen LogP contribution in [0.5, 0.6) is 0 Å². The monoisotopic (exact) mass is 369 g/mol. The molecule has 0 aliphatic carbocycles. The fourth-order valence-corrected chi connectivity index (χ4v) is 2.21. The molecule has 0 saturated heterocycles. The minimum atomic E-state index is -0.418. The van der Waals surface area contributed by atoms with Crippen LogP contribution < -0.4 is 10.6 Å². The highest BCUT2D eigenvalue weighted by Gasteiger charge is 2.17. The van der Waals surface area contributed by atoms with E-state index in [4.69, 9.17) is 4.74 Å². The fraction of sp³-hybridized carbons (Fsp3) is 0.300. The van der Waals surface area contributed by atoms with E-state index in [0.717, 1.165) is 0 Å². The van der Waals surface area contributed by atoms with Crippen molar-refractivity contribution in [2.75, 3.05) is 11.9 Å². The van der Waals surface area contributed by atoms with Gasteiger partial charge in [0.15, 0.2) is 0 Å². The van der Waals surface area contributed by atoms with E-state index in [1.165, 1.54) is 18.3 Å². The Labute approximate surface area is 158 Å². The molecule has 1 aromatic carbocycles. The van der Waals surface area contributed by atoms with Gasteiger partial charge in [0.1, 0.15) is 5.69 Å². The van der Waals surface area contributed by atoms with Crippen LogP contribution in [0.3, 0.4) is 0 Å². The minimum absolute atomic E-state index is 0.162. The highest BCUT2D eigenvalue weighted by Crippen LogP contribution is 2.13. The highest BCUT2D eigenvalue weighted by molar-refractivity contribution is 6.06. The Morgan fingerprint density at radius 3 is 2.26 bits per heavy atom. The van der Waals surface area contributed by atoms with Crippen molar-refractivity contribution in [3.8, 4) is 0 Å². The van der Waals surface area contributed by atoms with E-state index in [2.05, 4.69) is 15.6 Å². The third-order valence-electron chi connectivity index (χ3n) is 3.40. The average molecular weight is 369 g/mol. The third-order valence-corrected chi connectivity index (χ3v) is 3.40. The maximum atomic E-state index is 12.4.